The van der Waals surface area contributed by atoms with Crippen molar-refractivity contribution in [1.29, 1.82) is 0 Å². The Balaban J connectivity index is 1.70. The molecule has 18 heavy (non-hydrogen) atoms. The van der Waals surface area contributed by atoms with Crippen LogP contribution in [0.25, 0.3) is 0 Å². The Bertz CT molecular complexity index is 500. The van der Waals surface area contributed by atoms with E-state index in [1.54, 1.807) is 0 Å². The Morgan fingerprint density at radius 1 is 1.39 bits per heavy atom. The number of hydrogen-bond donors (Lipinski definition) is 1. The molecule has 1 N–H and O–H groups in total. The Hall–Kier alpha value is -1.49. The number of amides is 2. The zero-order valence-corrected chi connectivity index (χ0v) is 10.7. The minimum absolute atomic E-state index is 0.0624. The fraction of sp³-hybridized carbons (Fsp3) is 0.385. The van der Waals surface area contributed by atoms with Gasteiger partial charge in [0.05, 0.1) is 10.9 Å². The molecule has 3 rings (SSSR count). The number of para-hydroxylation sites is 1. The lowest BCUT2D eigenvalue weighted by atomic mass is 10.1. The van der Waals surface area contributed by atoms with Gasteiger partial charge in [-0.2, -0.15) is 0 Å². The summed E-state index contributed by atoms with van der Waals surface area (Å²) in [6.45, 7) is 1.68. The van der Waals surface area contributed by atoms with Crippen molar-refractivity contribution in [2.45, 2.75) is 23.0 Å². The van der Waals surface area contributed by atoms with Crippen molar-refractivity contribution in [3.63, 3.8) is 0 Å². The van der Waals surface area contributed by atoms with Crippen molar-refractivity contribution in [3.8, 4) is 0 Å². The number of fused-ring (bicyclic) bond motifs is 1. The van der Waals surface area contributed by atoms with Gasteiger partial charge in [0.1, 0.15) is 0 Å². The topological polar surface area (TPSA) is 49.4 Å². The molecule has 2 amide bonds. The number of nitrogens with one attached hydrogen (secondary N) is 1. The van der Waals surface area contributed by atoms with Gasteiger partial charge in [0, 0.05) is 24.4 Å². The zero-order chi connectivity index (χ0) is 12.5. The SMILES string of the molecule is O=C1Nc2ccccc2SC1CC(=O)N1CCC1. The molecule has 0 aromatic heterocycles. The molecule has 0 aliphatic carbocycles. The molecular formula is C13H14N2O2S. The predicted molar refractivity (Wildman–Crippen MR) is 70.5 cm³/mol. The van der Waals surface area contributed by atoms with Crippen LogP contribution in [0.15, 0.2) is 29.2 Å². The second kappa shape index (κ2) is 4.65. The number of hydrogen-bond acceptors (Lipinski definition) is 3. The van der Waals surface area contributed by atoms with E-state index in [2.05, 4.69) is 5.32 Å². The molecule has 94 valence electrons. The number of anilines is 1. The van der Waals surface area contributed by atoms with Gasteiger partial charge in [-0.3, -0.25) is 9.59 Å². The minimum Gasteiger partial charge on any atom is -0.343 e. The lowest BCUT2D eigenvalue weighted by molar-refractivity contribution is -0.135. The third-order valence-electron chi connectivity index (χ3n) is 3.28. The Morgan fingerprint density at radius 3 is 2.89 bits per heavy atom. The summed E-state index contributed by atoms with van der Waals surface area (Å²) in [6.07, 6.45) is 1.38. The number of carbonyl (C=O) groups excluding carboxylic acids is 2. The van der Waals surface area contributed by atoms with E-state index in [0.717, 1.165) is 30.1 Å². The average Bonchev–Trinajstić information content (AvgIpc) is 2.27. The molecule has 1 aromatic rings. The summed E-state index contributed by atoms with van der Waals surface area (Å²) in [5, 5.41) is 2.56. The van der Waals surface area contributed by atoms with Crippen molar-refractivity contribution in [2.24, 2.45) is 0 Å². The van der Waals surface area contributed by atoms with E-state index >= 15 is 0 Å². The van der Waals surface area contributed by atoms with E-state index in [1.165, 1.54) is 11.8 Å². The van der Waals surface area contributed by atoms with Crippen LogP contribution in [0.2, 0.25) is 0 Å². The van der Waals surface area contributed by atoms with Gasteiger partial charge in [0.25, 0.3) is 0 Å². The maximum absolute atomic E-state index is 11.9. The van der Waals surface area contributed by atoms with Gasteiger partial charge in [-0.15, -0.1) is 11.8 Å². The van der Waals surface area contributed by atoms with E-state index in [0.29, 0.717) is 6.42 Å². The first-order chi connectivity index (χ1) is 8.74. The fourth-order valence-electron chi connectivity index (χ4n) is 2.08. The maximum atomic E-state index is 11.9. The highest BCUT2D eigenvalue weighted by molar-refractivity contribution is 8.01. The van der Waals surface area contributed by atoms with Crippen LogP contribution >= 0.6 is 11.8 Å². The molecule has 1 atom stereocenters. The number of rotatable bonds is 2. The summed E-state index contributed by atoms with van der Waals surface area (Å²) in [7, 11) is 0. The number of thioether (sulfide) groups is 1. The van der Waals surface area contributed by atoms with E-state index in [1.807, 2.05) is 29.2 Å². The lowest BCUT2D eigenvalue weighted by Gasteiger charge is -2.32. The molecule has 1 fully saturated rings. The van der Waals surface area contributed by atoms with Crippen molar-refractivity contribution in [2.75, 3.05) is 18.4 Å². The number of nitrogens with zero attached hydrogens (tertiary/aromatic N) is 1. The third-order valence-corrected chi connectivity index (χ3v) is 4.55. The van der Waals surface area contributed by atoms with E-state index in [9.17, 15) is 9.59 Å². The average molecular weight is 262 g/mol. The normalized spacial score (nSPS) is 21.9. The molecule has 5 heteroatoms. The van der Waals surface area contributed by atoms with Crippen LogP contribution in [0, 0.1) is 0 Å². The second-order valence-corrected chi connectivity index (χ2v) is 5.77. The van der Waals surface area contributed by atoms with Gasteiger partial charge < -0.3 is 10.2 Å². The molecule has 0 saturated carbocycles. The molecule has 1 unspecified atom stereocenters. The summed E-state index contributed by atoms with van der Waals surface area (Å²) < 4.78 is 0. The van der Waals surface area contributed by atoms with Crippen LogP contribution in [0.3, 0.4) is 0 Å². The first-order valence-electron chi connectivity index (χ1n) is 6.08. The smallest absolute Gasteiger partial charge is 0.238 e. The van der Waals surface area contributed by atoms with Crippen LogP contribution < -0.4 is 5.32 Å². The summed E-state index contributed by atoms with van der Waals surface area (Å²) in [5.41, 5.74) is 0.847. The van der Waals surface area contributed by atoms with Crippen LogP contribution in [0.5, 0.6) is 0 Å². The molecule has 0 spiro atoms. The quantitative estimate of drug-likeness (QED) is 0.883. The van der Waals surface area contributed by atoms with Gasteiger partial charge in [-0.05, 0) is 18.6 Å². The standard InChI is InChI=1S/C13H14N2O2S/c16-12(15-6-3-7-15)8-11-13(17)14-9-4-1-2-5-10(9)18-11/h1-2,4-5,11H,3,6-8H2,(H,14,17). The Kier molecular flexibility index (Phi) is 2.99. The fourth-order valence-corrected chi connectivity index (χ4v) is 3.18. The van der Waals surface area contributed by atoms with E-state index < -0.39 is 0 Å². The van der Waals surface area contributed by atoms with Crippen molar-refractivity contribution in [1.82, 2.24) is 4.90 Å². The number of benzene rings is 1. The van der Waals surface area contributed by atoms with E-state index in [-0.39, 0.29) is 17.1 Å². The minimum atomic E-state index is -0.298. The Labute approximate surface area is 110 Å². The highest BCUT2D eigenvalue weighted by Gasteiger charge is 2.31. The van der Waals surface area contributed by atoms with Crippen LogP contribution in [-0.4, -0.2) is 35.1 Å². The first-order valence-corrected chi connectivity index (χ1v) is 6.96. The van der Waals surface area contributed by atoms with Crippen LogP contribution in [0.1, 0.15) is 12.8 Å². The molecule has 4 nitrogen and oxygen atoms in total. The van der Waals surface area contributed by atoms with Gasteiger partial charge >= 0.3 is 0 Å². The van der Waals surface area contributed by atoms with Gasteiger partial charge in [0.15, 0.2) is 0 Å². The highest BCUT2D eigenvalue weighted by Crippen LogP contribution is 2.36. The monoisotopic (exact) mass is 262 g/mol. The van der Waals surface area contributed by atoms with Crippen LogP contribution in [-0.2, 0) is 9.59 Å². The van der Waals surface area contributed by atoms with Gasteiger partial charge in [-0.1, -0.05) is 12.1 Å². The molecule has 0 bridgehead atoms. The maximum Gasteiger partial charge on any atom is 0.238 e. The molecule has 2 aliphatic heterocycles. The molecule has 2 aliphatic rings. The van der Waals surface area contributed by atoms with Crippen molar-refractivity contribution >= 4 is 29.3 Å². The largest absolute Gasteiger partial charge is 0.343 e. The first kappa shape index (κ1) is 11.6. The number of carbonyl (C=O) groups is 2. The number of likely N-dealkylation sites (tertiary alicyclic amines) is 1. The van der Waals surface area contributed by atoms with Crippen LogP contribution in [0.4, 0.5) is 5.69 Å². The lowest BCUT2D eigenvalue weighted by Crippen LogP contribution is -2.44. The molecule has 0 radical (unpaired) electrons. The predicted octanol–water partition coefficient (Wildman–Crippen LogP) is 1.72. The highest BCUT2D eigenvalue weighted by atomic mass is 32.2. The molecular weight excluding hydrogens is 248 g/mol. The van der Waals surface area contributed by atoms with Gasteiger partial charge in [0.2, 0.25) is 11.8 Å². The van der Waals surface area contributed by atoms with E-state index in [4.69, 9.17) is 0 Å². The molecule has 1 saturated heterocycles. The third kappa shape index (κ3) is 2.10. The van der Waals surface area contributed by atoms with Crippen molar-refractivity contribution < 1.29 is 9.59 Å². The van der Waals surface area contributed by atoms with Gasteiger partial charge in [-0.25, -0.2) is 0 Å². The molecule has 2 heterocycles. The zero-order valence-electron chi connectivity index (χ0n) is 9.89. The molecule has 1 aromatic carbocycles. The summed E-state index contributed by atoms with van der Waals surface area (Å²) >= 11 is 1.49. The second-order valence-electron chi connectivity index (χ2n) is 4.53. The van der Waals surface area contributed by atoms with Crippen molar-refractivity contribution in [3.05, 3.63) is 24.3 Å². The summed E-state index contributed by atoms with van der Waals surface area (Å²) in [6, 6.07) is 7.69. The summed E-state index contributed by atoms with van der Waals surface area (Å²) in [4.78, 5) is 26.7. The Morgan fingerprint density at radius 2 is 2.17 bits per heavy atom. The summed E-state index contributed by atoms with van der Waals surface area (Å²) in [5.74, 6) is 0.0286.